The number of hydrogen-bond acceptors (Lipinski definition) is 6. The Morgan fingerprint density at radius 1 is 1.23 bits per heavy atom. The summed E-state index contributed by atoms with van der Waals surface area (Å²) in [7, 11) is 0. The summed E-state index contributed by atoms with van der Waals surface area (Å²) in [5.74, 6) is 1.33. The van der Waals surface area contributed by atoms with Gasteiger partial charge in [0.15, 0.2) is 11.5 Å². The average molecular weight is 416 g/mol. The number of nitrogens with zero attached hydrogens (tertiary/aromatic N) is 6. The number of carbonyl (C=O) groups is 1. The van der Waals surface area contributed by atoms with E-state index in [1.807, 2.05) is 32.0 Å². The van der Waals surface area contributed by atoms with Gasteiger partial charge in [-0.3, -0.25) is 4.79 Å². The fraction of sp³-hybridized carbons (Fsp3) is 0.318. The predicted octanol–water partition coefficient (Wildman–Crippen LogP) is 2.65. The first-order valence-corrected chi connectivity index (χ1v) is 10.4. The molecule has 0 atom stereocenters. The number of nitrogens with one attached hydrogen (secondary N) is 2. The van der Waals surface area contributed by atoms with Gasteiger partial charge in [-0.05, 0) is 57.5 Å². The third-order valence-corrected chi connectivity index (χ3v) is 5.80. The molecule has 0 radical (unpaired) electrons. The molecule has 1 saturated heterocycles. The third kappa shape index (κ3) is 3.68. The molecule has 1 aliphatic heterocycles. The standard InChI is InChI=1S/C22H24N8O/c1-14-4-5-19(26-15(14)2)30-20(12-18(28-30)16-6-9-23-10-7-16)27-22(31)17-13-25-29-11-3-8-24-21(17)29/h3-5,8,11-13,16,23H,6-7,9-10H2,1-2H3,(H,27,31). The van der Waals surface area contributed by atoms with E-state index in [0.29, 0.717) is 28.8 Å². The third-order valence-electron chi connectivity index (χ3n) is 5.80. The quantitative estimate of drug-likeness (QED) is 0.530. The Labute approximate surface area is 179 Å². The van der Waals surface area contributed by atoms with Crippen LogP contribution in [0.25, 0.3) is 11.5 Å². The number of amides is 1. The molecule has 5 rings (SSSR count). The summed E-state index contributed by atoms with van der Waals surface area (Å²) in [5.41, 5.74) is 3.92. The number of fused-ring (bicyclic) bond motifs is 1. The minimum Gasteiger partial charge on any atom is -0.317 e. The smallest absolute Gasteiger partial charge is 0.262 e. The first kappa shape index (κ1) is 19.4. The Balaban J connectivity index is 1.53. The molecule has 9 nitrogen and oxygen atoms in total. The largest absolute Gasteiger partial charge is 0.317 e. The van der Waals surface area contributed by atoms with Gasteiger partial charge in [0, 0.05) is 30.1 Å². The van der Waals surface area contributed by atoms with Crippen molar-refractivity contribution in [2.75, 3.05) is 18.4 Å². The van der Waals surface area contributed by atoms with Gasteiger partial charge in [-0.15, -0.1) is 0 Å². The van der Waals surface area contributed by atoms with Crippen LogP contribution in [-0.4, -0.2) is 48.4 Å². The molecule has 1 fully saturated rings. The molecule has 0 saturated carbocycles. The van der Waals surface area contributed by atoms with Crippen LogP contribution in [0.15, 0.2) is 42.9 Å². The van der Waals surface area contributed by atoms with E-state index >= 15 is 0 Å². The van der Waals surface area contributed by atoms with Crippen molar-refractivity contribution in [3.8, 4) is 5.82 Å². The molecule has 9 heteroatoms. The van der Waals surface area contributed by atoms with E-state index in [2.05, 4.69) is 20.7 Å². The van der Waals surface area contributed by atoms with Crippen molar-refractivity contribution in [3.63, 3.8) is 0 Å². The van der Waals surface area contributed by atoms with Crippen molar-refractivity contribution in [1.82, 2.24) is 34.7 Å². The summed E-state index contributed by atoms with van der Waals surface area (Å²) in [5, 5.41) is 15.5. The number of aryl methyl sites for hydroxylation is 2. The first-order chi connectivity index (χ1) is 15.1. The van der Waals surface area contributed by atoms with Crippen LogP contribution in [0.4, 0.5) is 5.82 Å². The van der Waals surface area contributed by atoms with Crippen molar-refractivity contribution in [1.29, 1.82) is 0 Å². The molecule has 4 aromatic heterocycles. The molecule has 0 aliphatic carbocycles. The molecule has 31 heavy (non-hydrogen) atoms. The van der Waals surface area contributed by atoms with Gasteiger partial charge in [0.1, 0.15) is 11.4 Å². The molecule has 0 spiro atoms. The van der Waals surface area contributed by atoms with Crippen LogP contribution in [0.3, 0.4) is 0 Å². The Bertz CT molecular complexity index is 1250. The zero-order chi connectivity index (χ0) is 21.4. The number of anilines is 1. The van der Waals surface area contributed by atoms with Crippen LogP contribution in [0.2, 0.25) is 0 Å². The zero-order valence-electron chi connectivity index (χ0n) is 17.5. The second kappa shape index (κ2) is 7.92. The normalized spacial score (nSPS) is 14.8. The van der Waals surface area contributed by atoms with Crippen LogP contribution in [0, 0.1) is 13.8 Å². The minimum atomic E-state index is -0.282. The van der Waals surface area contributed by atoms with Gasteiger partial charge in [0.25, 0.3) is 5.91 Å². The fourth-order valence-electron chi connectivity index (χ4n) is 3.89. The lowest BCUT2D eigenvalue weighted by Crippen LogP contribution is -2.26. The second-order valence-corrected chi connectivity index (χ2v) is 7.86. The van der Waals surface area contributed by atoms with Gasteiger partial charge in [-0.1, -0.05) is 6.07 Å². The number of aromatic nitrogens is 6. The topological polar surface area (TPSA) is 102 Å². The van der Waals surface area contributed by atoms with Crippen molar-refractivity contribution in [2.24, 2.45) is 0 Å². The molecular weight excluding hydrogens is 392 g/mol. The van der Waals surface area contributed by atoms with Gasteiger partial charge >= 0.3 is 0 Å². The Hall–Kier alpha value is -3.59. The lowest BCUT2D eigenvalue weighted by molar-refractivity contribution is 0.102. The highest BCUT2D eigenvalue weighted by atomic mass is 16.1. The summed E-state index contributed by atoms with van der Waals surface area (Å²) in [6, 6.07) is 7.68. The van der Waals surface area contributed by atoms with Crippen molar-refractivity contribution < 1.29 is 4.79 Å². The number of pyridine rings is 1. The molecule has 4 aromatic rings. The molecule has 0 bridgehead atoms. The van der Waals surface area contributed by atoms with Crippen LogP contribution in [0.5, 0.6) is 0 Å². The van der Waals surface area contributed by atoms with Crippen molar-refractivity contribution in [2.45, 2.75) is 32.6 Å². The highest BCUT2D eigenvalue weighted by Gasteiger charge is 2.23. The maximum Gasteiger partial charge on any atom is 0.262 e. The maximum atomic E-state index is 13.1. The molecule has 2 N–H and O–H groups in total. The summed E-state index contributed by atoms with van der Waals surface area (Å²) in [6.45, 7) is 5.93. The van der Waals surface area contributed by atoms with Gasteiger partial charge in [-0.2, -0.15) is 14.9 Å². The van der Waals surface area contributed by atoms with Crippen molar-refractivity contribution >= 4 is 17.4 Å². The fourth-order valence-corrected chi connectivity index (χ4v) is 3.89. The molecule has 5 heterocycles. The Morgan fingerprint density at radius 3 is 2.87 bits per heavy atom. The monoisotopic (exact) mass is 416 g/mol. The number of carbonyl (C=O) groups excluding carboxylic acids is 1. The van der Waals surface area contributed by atoms with Gasteiger partial charge in [0.05, 0.1) is 11.9 Å². The van der Waals surface area contributed by atoms with Crippen LogP contribution >= 0.6 is 0 Å². The molecule has 0 aromatic carbocycles. The summed E-state index contributed by atoms with van der Waals surface area (Å²) in [6.07, 6.45) is 6.97. The SMILES string of the molecule is Cc1ccc(-n2nc(C3CCNCC3)cc2NC(=O)c2cnn3cccnc23)nc1C. The van der Waals surface area contributed by atoms with Crippen molar-refractivity contribution in [3.05, 3.63) is 65.4 Å². The van der Waals surface area contributed by atoms with E-state index in [1.165, 1.54) is 6.20 Å². The second-order valence-electron chi connectivity index (χ2n) is 7.86. The van der Waals surface area contributed by atoms with E-state index in [-0.39, 0.29) is 5.91 Å². The molecular formula is C22H24N8O. The highest BCUT2D eigenvalue weighted by molar-refractivity contribution is 6.07. The highest BCUT2D eigenvalue weighted by Crippen LogP contribution is 2.28. The molecule has 158 valence electrons. The Morgan fingerprint density at radius 2 is 2.06 bits per heavy atom. The zero-order valence-corrected chi connectivity index (χ0v) is 17.5. The number of piperidine rings is 1. The van der Waals surface area contributed by atoms with Gasteiger partial charge in [0.2, 0.25) is 0 Å². The number of rotatable bonds is 4. The van der Waals surface area contributed by atoms with Crippen LogP contribution in [0.1, 0.15) is 46.1 Å². The summed E-state index contributed by atoms with van der Waals surface area (Å²) in [4.78, 5) is 22.1. The van der Waals surface area contributed by atoms with Gasteiger partial charge in [-0.25, -0.2) is 14.5 Å². The maximum absolute atomic E-state index is 13.1. The minimum absolute atomic E-state index is 0.282. The molecule has 0 unspecified atom stereocenters. The van der Waals surface area contributed by atoms with Gasteiger partial charge < -0.3 is 10.6 Å². The lowest BCUT2D eigenvalue weighted by atomic mass is 9.95. The predicted molar refractivity (Wildman–Crippen MR) is 117 cm³/mol. The average Bonchev–Trinajstić information content (AvgIpc) is 3.41. The van der Waals surface area contributed by atoms with E-state index in [4.69, 9.17) is 10.1 Å². The molecule has 1 amide bonds. The van der Waals surface area contributed by atoms with Crippen LogP contribution < -0.4 is 10.6 Å². The van der Waals surface area contributed by atoms with E-state index in [9.17, 15) is 4.79 Å². The van der Waals surface area contributed by atoms with E-state index in [0.717, 1.165) is 42.9 Å². The summed E-state index contributed by atoms with van der Waals surface area (Å²) < 4.78 is 3.30. The number of hydrogen-bond donors (Lipinski definition) is 2. The van der Waals surface area contributed by atoms with Crippen LogP contribution in [-0.2, 0) is 0 Å². The lowest BCUT2D eigenvalue weighted by Gasteiger charge is -2.20. The Kier molecular flexibility index (Phi) is 4.95. The van der Waals surface area contributed by atoms with E-state index in [1.54, 1.807) is 27.7 Å². The summed E-state index contributed by atoms with van der Waals surface area (Å²) >= 11 is 0. The van der Waals surface area contributed by atoms with E-state index < -0.39 is 0 Å². The first-order valence-electron chi connectivity index (χ1n) is 10.4. The molecule has 1 aliphatic rings.